The van der Waals surface area contributed by atoms with Crippen molar-refractivity contribution in [1.29, 1.82) is 0 Å². The monoisotopic (exact) mass is 448 g/mol. The largest absolute Gasteiger partial charge is 0.506 e. The first kappa shape index (κ1) is 22.0. The first-order chi connectivity index (χ1) is 14.6. The predicted molar refractivity (Wildman–Crippen MR) is 110 cm³/mol. The molecule has 0 bridgehead atoms. The fraction of sp³-hybridized carbons (Fsp3) is 0.0952. The zero-order chi connectivity index (χ0) is 22.8. The van der Waals surface area contributed by atoms with Gasteiger partial charge in [-0.05, 0) is 48.9 Å². The molecule has 0 aliphatic carbocycles. The highest BCUT2D eigenvalue weighted by Gasteiger charge is 2.30. The Morgan fingerprint density at radius 3 is 2.13 bits per heavy atom. The lowest BCUT2D eigenvalue weighted by atomic mass is 10.1. The van der Waals surface area contributed by atoms with Crippen molar-refractivity contribution in [2.24, 2.45) is 5.10 Å². The molecule has 3 rings (SSSR count). The number of benzene rings is 2. The third-order valence-corrected chi connectivity index (χ3v) is 5.37. The Bertz CT molecular complexity index is 1150. The van der Waals surface area contributed by atoms with E-state index in [1.165, 1.54) is 36.4 Å². The van der Waals surface area contributed by atoms with Gasteiger partial charge in [0.2, 0.25) is 0 Å². The first-order valence-electron chi connectivity index (χ1n) is 8.74. The van der Waals surface area contributed by atoms with Crippen LogP contribution in [-0.2, 0) is 6.18 Å². The van der Waals surface area contributed by atoms with Gasteiger partial charge in [0, 0.05) is 10.9 Å². The number of hydrogen-bond acceptors (Lipinski definition) is 5. The second kappa shape index (κ2) is 8.60. The van der Waals surface area contributed by atoms with Gasteiger partial charge in [0.05, 0.1) is 27.3 Å². The van der Waals surface area contributed by atoms with Gasteiger partial charge in [-0.1, -0.05) is 12.1 Å². The van der Waals surface area contributed by atoms with Crippen LogP contribution >= 0.6 is 11.3 Å². The van der Waals surface area contributed by atoms with Crippen molar-refractivity contribution in [3.63, 3.8) is 0 Å². The number of halogens is 3. The standard InChI is InChI=1S/C21H15F3N2O4S/c1-11(25-26-19(28)13-2-4-14(5-3-13)20(29)30)16-10-31-18(17(16)27)12-6-8-15(9-7-12)21(22,23)24/h2-10,27H,1H3,(H,26,28)(H,29,30). The van der Waals surface area contributed by atoms with Gasteiger partial charge < -0.3 is 10.2 Å². The number of hydrazone groups is 1. The fourth-order valence-electron chi connectivity index (χ4n) is 2.65. The van der Waals surface area contributed by atoms with E-state index in [1.54, 1.807) is 12.3 Å². The number of nitrogens with one attached hydrogen (secondary N) is 1. The number of nitrogens with zero attached hydrogens (tertiary/aromatic N) is 1. The van der Waals surface area contributed by atoms with Crippen molar-refractivity contribution in [1.82, 2.24) is 5.43 Å². The zero-order valence-electron chi connectivity index (χ0n) is 15.9. The van der Waals surface area contributed by atoms with E-state index in [0.29, 0.717) is 16.0 Å². The number of thiophene rings is 1. The smallest absolute Gasteiger partial charge is 0.416 e. The number of hydrogen-bond donors (Lipinski definition) is 3. The van der Waals surface area contributed by atoms with Crippen molar-refractivity contribution in [2.75, 3.05) is 0 Å². The number of carbonyl (C=O) groups is 2. The van der Waals surface area contributed by atoms with Crippen LogP contribution in [0.1, 0.15) is 38.8 Å². The fourth-order valence-corrected chi connectivity index (χ4v) is 3.66. The topological polar surface area (TPSA) is 99.0 Å². The van der Waals surface area contributed by atoms with E-state index in [1.807, 2.05) is 0 Å². The molecule has 31 heavy (non-hydrogen) atoms. The molecule has 160 valence electrons. The van der Waals surface area contributed by atoms with Crippen LogP contribution in [0.3, 0.4) is 0 Å². The summed E-state index contributed by atoms with van der Waals surface area (Å²) >= 11 is 1.13. The summed E-state index contributed by atoms with van der Waals surface area (Å²) in [6.07, 6.45) is -4.45. The van der Waals surface area contributed by atoms with E-state index >= 15 is 0 Å². The number of amides is 1. The molecule has 1 aromatic heterocycles. The van der Waals surface area contributed by atoms with Crippen molar-refractivity contribution >= 4 is 28.9 Å². The molecule has 0 saturated carbocycles. The van der Waals surface area contributed by atoms with E-state index in [2.05, 4.69) is 10.5 Å². The lowest BCUT2D eigenvalue weighted by molar-refractivity contribution is -0.137. The van der Waals surface area contributed by atoms with E-state index < -0.39 is 23.6 Å². The van der Waals surface area contributed by atoms with Gasteiger partial charge in [0.25, 0.3) is 5.91 Å². The van der Waals surface area contributed by atoms with Crippen molar-refractivity contribution < 1.29 is 33.0 Å². The van der Waals surface area contributed by atoms with Gasteiger partial charge in [0.1, 0.15) is 5.75 Å². The lowest BCUT2D eigenvalue weighted by Gasteiger charge is -2.07. The maximum absolute atomic E-state index is 12.7. The molecule has 10 heteroatoms. The number of carboxylic acids is 1. The number of aromatic carboxylic acids is 1. The van der Waals surface area contributed by atoms with Crippen molar-refractivity contribution in [2.45, 2.75) is 13.1 Å². The van der Waals surface area contributed by atoms with Crippen LogP contribution in [0.4, 0.5) is 13.2 Å². The molecule has 3 N–H and O–H groups in total. The highest BCUT2D eigenvalue weighted by Crippen LogP contribution is 2.39. The van der Waals surface area contributed by atoms with Gasteiger partial charge >= 0.3 is 12.1 Å². The number of carbonyl (C=O) groups excluding carboxylic acids is 1. The summed E-state index contributed by atoms with van der Waals surface area (Å²) in [6, 6.07) is 9.67. The molecule has 0 saturated heterocycles. The Labute approximate surface area is 178 Å². The Morgan fingerprint density at radius 1 is 1.00 bits per heavy atom. The zero-order valence-corrected chi connectivity index (χ0v) is 16.7. The summed E-state index contributed by atoms with van der Waals surface area (Å²) < 4.78 is 38.1. The predicted octanol–water partition coefficient (Wildman–Crippen LogP) is 4.99. The lowest BCUT2D eigenvalue weighted by Crippen LogP contribution is -2.19. The molecular weight excluding hydrogens is 433 g/mol. The van der Waals surface area contributed by atoms with E-state index in [9.17, 15) is 27.9 Å². The molecular formula is C21H15F3N2O4S. The molecule has 2 aromatic carbocycles. The van der Waals surface area contributed by atoms with Gasteiger partial charge in [-0.3, -0.25) is 4.79 Å². The van der Waals surface area contributed by atoms with Gasteiger partial charge in [0.15, 0.2) is 0 Å². The molecule has 1 amide bonds. The van der Waals surface area contributed by atoms with E-state index in [4.69, 9.17) is 5.11 Å². The Balaban J connectivity index is 1.76. The van der Waals surface area contributed by atoms with Crippen molar-refractivity contribution in [3.05, 3.63) is 76.2 Å². The quantitative estimate of drug-likeness (QED) is 0.378. The van der Waals surface area contributed by atoms with Crippen LogP contribution in [0.2, 0.25) is 0 Å². The molecule has 1 heterocycles. The normalized spacial score (nSPS) is 11.9. The highest BCUT2D eigenvalue weighted by atomic mass is 32.1. The average molecular weight is 448 g/mol. The third kappa shape index (κ3) is 4.92. The Morgan fingerprint density at radius 2 is 1.58 bits per heavy atom. The molecule has 0 radical (unpaired) electrons. The molecule has 0 aliphatic rings. The van der Waals surface area contributed by atoms with Gasteiger partial charge in [-0.2, -0.15) is 18.3 Å². The molecule has 3 aromatic rings. The van der Waals surface area contributed by atoms with Crippen LogP contribution in [0.15, 0.2) is 59.0 Å². The van der Waals surface area contributed by atoms with Gasteiger partial charge in [-0.15, -0.1) is 11.3 Å². The minimum Gasteiger partial charge on any atom is -0.506 e. The second-order valence-corrected chi connectivity index (χ2v) is 7.30. The Kier molecular flexibility index (Phi) is 6.11. The summed E-state index contributed by atoms with van der Waals surface area (Å²) in [6.45, 7) is 1.55. The van der Waals surface area contributed by atoms with Crippen molar-refractivity contribution in [3.8, 4) is 16.2 Å². The minimum absolute atomic E-state index is 0.0372. The van der Waals surface area contributed by atoms with Crippen LogP contribution < -0.4 is 5.43 Å². The van der Waals surface area contributed by atoms with E-state index in [0.717, 1.165) is 23.5 Å². The second-order valence-electron chi connectivity index (χ2n) is 6.42. The first-order valence-corrected chi connectivity index (χ1v) is 9.62. The molecule has 0 unspecified atom stereocenters. The number of carboxylic acid groups (broad SMARTS) is 1. The summed E-state index contributed by atoms with van der Waals surface area (Å²) in [5.74, 6) is -1.85. The van der Waals surface area contributed by atoms with E-state index in [-0.39, 0.29) is 22.6 Å². The van der Waals surface area contributed by atoms with Gasteiger partial charge in [-0.25, -0.2) is 10.2 Å². The Hall–Kier alpha value is -3.66. The van der Waals surface area contributed by atoms with Crippen LogP contribution in [0.5, 0.6) is 5.75 Å². The number of rotatable bonds is 5. The minimum atomic E-state index is -4.45. The van der Waals surface area contributed by atoms with Crippen LogP contribution in [0, 0.1) is 0 Å². The summed E-state index contributed by atoms with van der Waals surface area (Å²) in [7, 11) is 0. The van der Waals surface area contributed by atoms with Crippen LogP contribution in [0.25, 0.3) is 10.4 Å². The molecule has 0 atom stereocenters. The maximum Gasteiger partial charge on any atom is 0.416 e. The average Bonchev–Trinajstić information content (AvgIpc) is 3.12. The summed E-state index contributed by atoms with van der Waals surface area (Å²) in [4.78, 5) is 23.4. The van der Waals surface area contributed by atoms with Crippen LogP contribution in [-0.4, -0.2) is 27.8 Å². The highest BCUT2D eigenvalue weighted by molar-refractivity contribution is 7.14. The maximum atomic E-state index is 12.7. The number of aromatic hydroxyl groups is 1. The number of alkyl halides is 3. The molecule has 0 aliphatic heterocycles. The summed E-state index contributed by atoms with van der Waals surface area (Å²) in [5, 5.41) is 24.9. The molecule has 0 fully saturated rings. The molecule has 6 nitrogen and oxygen atoms in total. The summed E-state index contributed by atoms with van der Waals surface area (Å²) in [5.41, 5.74) is 2.78. The third-order valence-electron chi connectivity index (χ3n) is 4.35. The molecule has 0 spiro atoms. The SMILES string of the molecule is CC(=NNC(=O)c1ccc(C(=O)O)cc1)c1csc(-c2ccc(C(F)(F)F)cc2)c1O.